The van der Waals surface area contributed by atoms with Crippen molar-refractivity contribution in [1.29, 1.82) is 0 Å². The summed E-state index contributed by atoms with van der Waals surface area (Å²) in [6, 6.07) is 18.3. The van der Waals surface area contributed by atoms with E-state index in [2.05, 4.69) is 10.4 Å². The number of nitrogens with one attached hydrogen (secondary N) is 1. The van der Waals surface area contributed by atoms with Crippen LogP contribution in [0.5, 0.6) is 0 Å². The van der Waals surface area contributed by atoms with Gasteiger partial charge in [0.2, 0.25) is 5.91 Å². The van der Waals surface area contributed by atoms with E-state index in [1.165, 1.54) is 6.07 Å². The van der Waals surface area contributed by atoms with Crippen molar-refractivity contribution in [2.24, 2.45) is 0 Å². The highest BCUT2D eigenvalue weighted by Crippen LogP contribution is 2.14. The molecule has 0 atom stereocenters. The lowest BCUT2D eigenvalue weighted by Gasteiger charge is -2.05. The molecule has 2 aromatic carbocycles. The lowest BCUT2D eigenvalue weighted by atomic mass is 10.1. The molecule has 5 heteroatoms. The number of nitrogens with zero attached hydrogens (tertiary/aromatic N) is 2. The first-order chi connectivity index (χ1) is 12.1. The van der Waals surface area contributed by atoms with E-state index in [0.29, 0.717) is 30.8 Å². The summed E-state index contributed by atoms with van der Waals surface area (Å²) in [5.41, 5.74) is 2.55. The van der Waals surface area contributed by atoms with Gasteiger partial charge in [-0.3, -0.25) is 9.48 Å². The second-order valence-corrected chi connectivity index (χ2v) is 5.95. The lowest BCUT2D eigenvalue weighted by molar-refractivity contribution is -0.116. The number of rotatable bonds is 6. The van der Waals surface area contributed by atoms with Crippen molar-refractivity contribution in [2.75, 3.05) is 5.32 Å². The van der Waals surface area contributed by atoms with Crippen molar-refractivity contribution in [2.45, 2.75) is 26.3 Å². The third-order valence-corrected chi connectivity index (χ3v) is 4.01. The van der Waals surface area contributed by atoms with Crippen molar-refractivity contribution in [3.63, 3.8) is 0 Å². The van der Waals surface area contributed by atoms with Crippen molar-refractivity contribution >= 4 is 11.7 Å². The topological polar surface area (TPSA) is 46.9 Å². The van der Waals surface area contributed by atoms with E-state index in [1.54, 1.807) is 28.9 Å². The van der Waals surface area contributed by atoms with Crippen LogP contribution >= 0.6 is 0 Å². The Kier molecular flexibility index (Phi) is 5.23. The van der Waals surface area contributed by atoms with E-state index in [1.807, 2.05) is 37.3 Å². The number of carbonyl (C=O) groups is 1. The van der Waals surface area contributed by atoms with Gasteiger partial charge in [-0.25, -0.2) is 4.39 Å². The van der Waals surface area contributed by atoms with E-state index in [4.69, 9.17) is 0 Å². The maximum atomic E-state index is 13.8. The fraction of sp³-hybridized carbons (Fsp3) is 0.200. The number of anilines is 1. The summed E-state index contributed by atoms with van der Waals surface area (Å²) in [4.78, 5) is 12.1. The van der Waals surface area contributed by atoms with Crippen LogP contribution in [0.25, 0.3) is 0 Å². The summed E-state index contributed by atoms with van der Waals surface area (Å²) in [5.74, 6) is 0.150. The first kappa shape index (κ1) is 16.9. The first-order valence-corrected chi connectivity index (χ1v) is 8.23. The summed E-state index contributed by atoms with van der Waals surface area (Å²) in [6.07, 6.45) is 1.07. The number of amides is 1. The van der Waals surface area contributed by atoms with Gasteiger partial charge in [0, 0.05) is 23.7 Å². The fourth-order valence-electron chi connectivity index (χ4n) is 2.63. The Hall–Kier alpha value is -2.95. The second-order valence-electron chi connectivity index (χ2n) is 5.95. The number of aryl methyl sites for hydroxylation is 2. The van der Waals surface area contributed by atoms with Gasteiger partial charge in [0.1, 0.15) is 5.82 Å². The highest BCUT2D eigenvalue weighted by molar-refractivity contribution is 5.89. The van der Waals surface area contributed by atoms with Crippen LogP contribution in [0.15, 0.2) is 60.7 Å². The average Bonchev–Trinajstić information content (AvgIpc) is 2.95. The first-order valence-electron chi connectivity index (χ1n) is 8.23. The molecule has 4 nitrogen and oxygen atoms in total. The molecule has 25 heavy (non-hydrogen) atoms. The maximum absolute atomic E-state index is 13.8. The molecule has 1 aromatic heterocycles. The molecule has 0 aliphatic rings. The zero-order chi connectivity index (χ0) is 17.6. The third-order valence-electron chi connectivity index (χ3n) is 4.01. The molecule has 1 amide bonds. The Morgan fingerprint density at radius 1 is 1.12 bits per heavy atom. The molecule has 0 radical (unpaired) electrons. The van der Waals surface area contributed by atoms with Crippen LogP contribution in [-0.2, 0) is 17.8 Å². The van der Waals surface area contributed by atoms with Gasteiger partial charge in [-0.15, -0.1) is 0 Å². The Labute approximate surface area is 146 Å². The van der Waals surface area contributed by atoms with E-state index in [-0.39, 0.29) is 11.7 Å². The van der Waals surface area contributed by atoms with Crippen LogP contribution in [0.1, 0.15) is 23.2 Å². The molecule has 0 bridgehead atoms. The number of hydrogen-bond donors (Lipinski definition) is 1. The highest BCUT2D eigenvalue weighted by atomic mass is 19.1. The van der Waals surface area contributed by atoms with Crippen molar-refractivity contribution in [3.8, 4) is 0 Å². The number of hydrogen-bond acceptors (Lipinski definition) is 2. The van der Waals surface area contributed by atoms with Crippen LogP contribution in [0.3, 0.4) is 0 Å². The van der Waals surface area contributed by atoms with Gasteiger partial charge < -0.3 is 5.32 Å². The molecular weight excluding hydrogens is 317 g/mol. The summed E-state index contributed by atoms with van der Waals surface area (Å²) in [7, 11) is 0. The Balaban J connectivity index is 1.60. The van der Waals surface area contributed by atoms with E-state index >= 15 is 0 Å². The zero-order valence-corrected chi connectivity index (χ0v) is 14.1. The minimum absolute atomic E-state index is 0.0839. The van der Waals surface area contributed by atoms with Gasteiger partial charge in [0.25, 0.3) is 0 Å². The van der Waals surface area contributed by atoms with Gasteiger partial charge in [-0.1, -0.05) is 48.5 Å². The number of carbonyl (C=O) groups excluding carboxylic acids is 1. The molecular formula is C20H20FN3O. The van der Waals surface area contributed by atoms with Crippen LogP contribution in [-0.4, -0.2) is 15.7 Å². The molecule has 0 aliphatic carbocycles. The Bertz CT molecular complexity index is 858. The highest BCUT2D eigenvalue weighted by Gasteiger charge is 2.10. The van der Waals surface area contributed by atoms with Crippen LogP contribution in [0, 0.1) is 12.7 Å². The summed E-state index contributed by atoms with van der Waals surface area (Å²) in [6.45, 7) is 2.21. The Morgan fingerprint density at radius 2 is 1.84 bits per heavy atom. The van der Waals surface area contributed by atoms with Crippen LogP contribution < -0.4 is 5.32 Å². The SMILES string of the molecule is Cc1cc(NC(=O)CCc2ccccc2)nn1Cc1ccccc1F. The monoisotopic (exact) mass is 337 g/mol. The third kappa shape index (κ3) is 4.53. The smallest absolute Gasteiger partial charge is 0.225 e. The van der Waals surface area contributed by atoms with Gasteiger partial charge in [-0.05, 0) is 25.0 Å². The quantitative estimate of drug-likeness (QED) is 0.740. The van der Waals surface area contributed by atoms with Crippen molar-refractivity contribution in [1.82, 2.24) is 9.78 Å². The van der Waals surface area contributed by atoms with Crippen LogP contribution in [0.2, 0.25) is 0 Å². The van der Waals surface area contributed by atoms with Crippen LogP contribution in [0.4, 0.5) is 10.2 Å². The maximum Gasteiger partial charge on any atom is 0.225 e. The number of aromatic nitrogens is 2. The molecule has 0 aliphatic heterocycles. The molecule has 0 saturated heterocycles. The second kappa shape index (κ2) is 7.75. The molecule has 0 spiro atoms. The Morgan fingerprint density at radius 3 is 2.60 bits per heavy atom. The van der Waals surface area contributed by atoms with Crippen molar-refractivity contribution in [3.05, 3.63) is 83.3 Å². The fourth-order valence-corrected chi connectivity index (χ4v) is 2.63. The zero-order valence-electron chi connectivity index (χ0n) is 14.1. The molecule has 0 fully saturated rings. The minimum atomic E-state index is -0.258. The summed E-state index contributed by atoms with van der Waals surface area (Å²) >= 11 is 0. The van der Waals surface area contributed by atoms with Gasteiger partial charge in [-0.2, -0.15) is 5.10 Å². The molecule has 1 N–H and O–H groups in total. The normalized spacial score (nSPS) is 10.6. The molecule has 128 valence electrons. The predicted molar refractivity (Wildman–Crippen MR) is 95.9 cm³/mol. The average molecular weight is 337 g/mol. The van der Waals surface area contributed by atoms with E-state index in [9.17, 15) is 9.18 Å². The molecule has 0 saturated carbocycles. The van der Waals surface area contributed by atoms with E-state index in [0.717, 1.165) is 11.3 Å². The standard InChI is InChI=1S/C20H20FN3O/c1-15-13-19(22-20(25)12-11-16-7-3-2-4-8-16)23-24(15)14-17-9-5-6-10-18(17)21/h2-10,13H,11-12,14H2,1H3,(H,22,23,25). The molecule has 1 heterocycles. The predicted octanol–water partition coefficient (Wildman–Crippen LogP) is 3.95. The summed E-state index contributed by atoms with van der Waals surface area (Å²) in [5, 5.41) is 7.17. The van der Waals surface area contributed by atoms with Crippen molar-refractivity contribution < 1.29 is 9.18 Å². The van der Waals surface area contributed by atoms with Gasteiger partial charge in [0.05, 0.1) is 6.54 Å². The summed E-state index contributed by atoms with van der Waals surface area (Å²) < 4.78 is 15.5. The molecule has 3 rings (SSSR count). The lowest BCUT2D eigenvalue weighted by Crippen LogP contribution is -2.13. The molecule has 0 unspecified atom stereocenters. The number of benzene rings is 2. The molecule has 3 aromatic rings. The van der Waals surface area contributed by atoms with Gasteiger partial charge >= 0.3 is 0 Å². The van der Waals surface area contributed by atoms with Gasteiger partial charge in [0.15, 0.2) is 5.82 Å². The minimum Gasteiger partial charge on any atom is -0.309 e. The van der Waals surface area contributed by atoms with E-state index < -0.39 is 0 Å². The largest absolute Gasteiger partial charge is 0.309 e. The number of halogens is 1.